The minimum Gasteiger partial charge on any atom is -0.480 e. The van der Waals surface area contributed by atoms with E-state index in [1.54, 1.807) is 12.1 Å². The molecule has 0 spiro atoms. The van der Waals surface area contributed by atoms with Crippen LogP contribution in [-0.4, -0.2) is 53.9 Å². The van der Waals surface area contributed by atoms with E-state index in [0.717, 1.165) is 5.56 Å². The molecule has 188 valence electrons. The number of carboxylic acid groups (broad SMARTS) is 1. The highest BCUT2D eigenvalue weighted by atomic mass is 32.2. The molecule has 0 aromatic heterocycles. The molecule has 1 saturated heterocycles. The highest BCUT2D eigenvalue weighted by molar-refractivity contribution is 7.92. The van der Waals surface area contributed by atoms with Crippen LogP contribution in [0.2, 0.25) is 0 Å². The number of likely N-dealkylation sites (tertiary alicyclic amines) is 1. The SMILES string of the molecule is O=C(O)[C@H]1C[C@@H](S(=O)(=O)CCCc2ccc(F)cc2)CN1C(=O)C(c1ccccc1)c1ccccc1. The standard InChI is InChI=1S/C28H28FNO5S/c29-23-15-13-20(14-16-23)8-7-17-36(34,35)24-18-25(28(32)33)30(19-24)27(31)26(21-9-3-1-4-10-21)22-11-5-2-6-12-22/h1-6,9-16,24-26H,7-8,17-19H2,(H,32,33)/t24-,25-/m1/s1. The Labute approximate surface area is 210 Å². The largest absolute Gasteiger partial charge is 0.480 e. The normalized spacial score (nSPS) is 17.9. The average molecular weight is 510 g/mol. The molecular formula is C28H28FNO5S. The Morgan fingerprint density at radius 2 is 1.47 bits per heavy atom. The predicted molar refractivity (Wildman–Crippen MR) is 135 cm³/mol. The molecular weight excluding hydrogens is 481 g/mol. The van der Waals surface area contributed by atoms with E-state index in [9.17, 15) is 27.5 Å². The third-order valence-corrected chi connectivity index (χ3v) is 8.87. The fourth-order valence-corrected chi connectivity index (χ4v) is 6.51. The zero-order valence-corrected chi connectivity index (χ0v) is 20.5. The molecule has 0 aliphatic carbocycles. The van der Waals surface area contributed by atoms with Gasteiger partial charge in [-0.15, -0.1) is 0 Å². The maximum absolute atomic E-state index is 13.8. The smallest absolute Gasteiger partial charge is 0.326 e. The monoisotopic (exact) mass is 509 g/mol. The summed E-state index contributed by atoms with van der Waals surface area (Å²) in [5.41, 5.74) is 2.25. The zero-order chi connectivity index (χ0) is 25.7. The molecule has 8 heteroatoms. The molecule has 1 amide bonds. The van der Waals surface area contributed by atoms with Gasteiger partial charge in [0.25, 0.3) is 0 Å². The first-order chi connectivity index (χ1) is 17.3. The molecule has 0 saturated carbocycles. The topological polar surface area (TPSA) is 91.8 Å². The number of carboxylic acids is 1. The highest BCUT2D eigenvalue weighted by Crippen LogP contribution is 2.32. The van der Waals surface area contributed by atoms with Gasteiger partial charge in [-0.3, -0.25) is 4.79 Å². The maximum Gasteiger partial charge on any atom is 0.326 e. The average Bonchev–Trinajstić information content (AvgIpc) is 3.34. The molecule has 0 radical (unpaired) electrons. The fraction of sp³-hybridized carbons (Fsp3) is 0.286. The van der Waals surface area contributed by atoms with Crippen LogP contribution in [-0.2, 0) is 25.8 Å². The van der Waals surface area contributed by atoms with Crippen LogP contribution in [0.4, 0.5) is 4.39 Å². The van der Waals surface area contributed by atoms with Gasteiger partial charge < -0.3 is 10.0 Å². The number of halogens is 1. The number of aryl methyl sites for hydroxylation is 1. The third kappa shape index (κ3) is 5.82. The minimum atomic E-state index is -3.66. The van der Waals surface area contributed by atoms with E-state index >= 15 is 0 Å². The van der Waals surface area contributed by atoms with Gasteiger partial charge in [-0.05, 0) is 48.1 Å². The molecule has 36 heavy (non-hydrogen) atoms. The van der Waals surface area contributed by atoms with E-state index in [4.69, 9.17) is 0 Å². The Morgan fingerprint density at radius 3 is 2.00 bits per heavy atom. The van der Waals surface area contributed by atoms with E-state index in [0.29, 0.717) is 24.0 Å². The van der Waals surface area contributed by atoms with Crippen LogP contribution in [0.25, 0.3) is 0 Å². The van der Waals surface area contributed by atoms with Gasteiger partial charge in [-0.1, -0.05) is 72.8 Å². The number of carbonyl (C=O) groups is 2. The van der Waals surface area contributed by atoms with Gasteiger partial charge in [0.1, 0.15) is 11.9 Å². The number of aliphatic carboxylic acids is 1. The van der Waals surface area contributed by atoms with Gasteiger partial charge in [-0.2, -0.15) is 0 Å². The molecule has 3 aromatic rings. The van der Waals surface area contributed by atoms with E-state index in [2.05, 4.69) is 0 Å². The van der Waals surface area contributed by atoms with Crippen molar-refractivity contribution in [3.8, 4) is 0 Å². The highest BCUT2D eigenvalue weighted by Gasteiger charge is 2.46. The number of sulfone groups is 1. The Balaban J connectivity index is 1.53. The molecule has 1 aliphatic rings. The first-order valence-corrected chi connectivity index (χ1v) is 13.6. The van der Waals surface area contributed by atoms with Crippen LogP contribution in [0.1, 0.15) is 35.4 Å². The Kier molecular flexibility index (Phi) is 7.84. The molecule has 6 nitrogen and oxygen atoms in total. The van der Waals surface area contributed by atoms with Crippen molar-refractivity contribution < 1.29 is 27.5 Å². The van der Waals surface area contributed by atoms with Crippen LogP contribution >= 0.6 is 0 Å². The van der Waals surface area contributed by atoms with Crippen LogP contribution in [0.3, 0.4) is 0 Å². The van der Waals surface area contributed by atoms with Crippen LogP contribution < -0.4 is 0 Å². The van der Waals surface area contributed by atoms with Crippen LogP contribution in [0.15, 0.2) is 84.9 Å². The van der Waals surface area contributed by atoms with E-state index in [-0.39, 0.29) is 24.5 Å². The second-order valence-corrected chi connectivity index (χ2v) is 11.5. The van der Waals surface area contributed by atoms with Crippen molar-refractivity contribution in [3.63, 3.8) is 0 Å². The lowest BCUT2D eigenvalue weighted by Gasteiger charge is -2.27. The van der Waals surface area contributed by atoms with Crippen molar-refractivity contribution in [3.05, 3.63) is 107 Å². The number of hydrogen-bond donors (Lipinski definition) is 1. The number of carbonyl (C=O) groups excluding carboxylic acids is 1. The number of hydrogen-bond acceptors (Lipinski definition) is 4. The number of amides is 1. The zero-order valence-electron chi connectivity index (χ0n) is 19.7. The summed E-state index contributed by atoms with van der Waals surface area (Å²) in [6.07, 6.45) is 0.643. The second kappa shape index (κ2) is 11.0. The maximum atomic E-state index is 13.8. The molecule has 0 unspecified atom stereocenters. The van der Waals surface area contributed by atoms with Crippen molar-refractivity contribution in [2.24, 2.45) is 0 Å². The number of nitrogens with zero attached hydrogens (tertiary/aromatic N) is 1. The lowest BCUT2D eigenvalue weighted by atomic mass is 9.90. The van der Waals surface area contributed by atoms with Crippen LogP contribution in [0, 0.1) is 5.82 Å². The van der Waals surface area contributed by atoms with Gasteiger partial charge in [0.05, 0.1) is 16.9 Å². The summed E-state index contributed by atoms with van der Waals surface area (Å²) in [5, 5.41) is 8.91. The Hall–Kier alpha value is -3.52. The van der Waals surface area contributed by atoms with Crippen LogP contribution in [0.5, 0.6) is 0 Å². The molecule has 2 atom stereocenters. The summed E-state index contributed by atoms with van der Waals surface area (Å²) in [7, 11) is -3.66. The molecule has 1 aliphatic heterocycles. The van der Waals surface area contributed by atoms with Gasteiger partial charge in [0.2, 0.25) is 5.91 Å². The summed E-state index contributed by atoms with van der Waals surface area (Å²) in [4.78, 5) is 27.1. The molecule has 0 bridgehead atoms. The van der Waals surface area contributed by atoms with E-state index < -0.39 is 38.9 Å². The number of benzene rings is 3. The van der Waals surface area contributed by atoms with Crippen molar-refractivity contribution in [1.82, 2.24) is 4.90 Å². The minimum absolute atomic E-state index is 0.135. The third-order valence-electron chi connectivity index (χ3n) is 6.66. The van der Waals surface area contributed by atoms with Crippen molar-refractivity contribution in [1.29, 1.82) is 0 Å². The van der Waals surface area contributed by atoms with Gasteiger partial charge in [0.15, 0.2) is 9.84 Å². The van der Waals surface area contributed by atoms with Crippen molar-refractivity contribution in [2.75, 3.05) is 12.3 Å². The Morgan fingerprint density at radius 1 is 0.917 bits per heavy atom. The van der Waals surface area contributed by atoms with E-state index in [1.807, 2.05) is 60.7 Å². The van der Waals surface area contributed by atoms with Crippen molar-refractivity contribution >= 4 is 21.7 Å². The van der Waals surface area contributed by atoms with Gasteiger partial charge >= 0.3 is 5.97 Å². The molecule has 4 rings (SSSR count). The lowest BCUT2D eigenvalue weighted by molar-refractivity contribution is -0.148. The quantitative estimate of drug-likeness (QED) is 0.470. The second-order valence-electron chi connectivity index (χ2n) is 9.05. The first kappa shape index (κ1) is 25.6. The first-order valence-electron chi connectivity index (χ1n) is 11.9. The Bertz CT molecular complexity index is 1260. The summed E-state index contributed by atoms with van der Waals surface area (Å²) in [6, 6.07) is 22.8. The molecule has 1 heterocycles. The van der Waals surface area contributed by atoms with Crippen molar-refractivity contribution in [2.45, 2.75) is 36.5 Å². The van der Waals surface area contributed by atoms with Gasteiger partial charge in [-0.25, -0.2) is 17.6 Å². The molecule has 1 N–H and O–H groups in total. The van der Waals surface area contributed by atoms with E-state index in [1.165, 1.54) is 17.0 Å². The fourth-order valence-electron chi connectivity index (χ4n) is 4.76. The summed E-state index contributed by atoms with van der Waals surface area (Å²) < 4.78 is 39.4. The predicted octanol–water partition coefficient (Wildman–Crippen LogP) is 4.06. The molecule has 1 fully saturated rings. The summed E-state index contributed by atoms with van der Waals surface area (Å²) in [5.74, 6) is -2.87. The number of rotatable bonds is 9. The lowest BCUT2D eigenvalue weighted by Crippen LogP contribution is -2.43. The van der Waals surface area contributed by atoms with Gasteiger partial charge in [0, 0.05) is 6.54 Å². The summed E-state index contributed by atoms with van der Waals surface area (Å²) in [6.45, 7) is -0.162. The molecule has 3 aromatic carbocycles. The summed E-state index contributed by atoms with van der Waals surface area (Å²) >= 11 is 0.